The summed E-state index contributed by atoms with van der Waals surface area (Å²) in [5.74, 6) is 2.91. The minimum absolute atomic E-state index is 0.868. The van der Waals surface area contributed by atoms with Gasteiger partial charge in [0.05, 0.1) is 14.2 Å². The zero-order chi connectivity index (χ0) is 15.3. The van der Waals surface area contributed by atoms with Crippen molar-refractivity contribution in [2.75, 3.05) is 20.0 Å². The van der Waals surface area contributed by atoms with Crippen LogP contribution in [-0.2, 0) is 0 Å². The maximum atomic E-state index is 5.30. The summed E-state index contributed by atoms with van der Waals surface area (Å²) in [5.41, 5.74) is 0. The molecule has 0 aliphatic heterocycles. The Balaban J connectivity index is 2.15. The van der Waals surface area contributed by atoms with Crippen LogP contribution in [0.3, 0.4) is 0 Å². The van der Waals surface area contributed by atoms with Crippen molar-refractivity contribution in [3.8, 4) is 11.5 Å². The Morgan fingerprint density at radius 3 is 1.81 bits per heavy atom. The van der Waals surface area contributed by atoms with E-state index >= 15 is 0 Å². The third-order valence-electron chi connectivity index (χ3n) is 3.59. The molecule has 21 heavy (non-hydrogen) atoms. The molecule has 1 aromatic carbocycles. The number of rotatable bonds is 12. The fourth-order valence-corrected chi connectivity index (χ4v) is 3.27. The van der Waals surface area contributed by atoms with Gasteiger partial charge in [0.2, 0.25) is 0 Å². The van der Waals surface area contributed by atoms with Crippen LogP contribution in [0.4, 0.5) is 0 Å². The van der Waals surface area contributed by atoms with Crippen molar-refractivity contribution >= 4 is 11.8 Å². The molecule has 0 spiro atoms. The van der Waals surface area contributed by atoms with Crippen LogP contribution in [-0.4, -0.2) is 20.0 Å². The fourth-order valence-electron chi connectivity index (χ4n) is 2.29. The van der Waals surface area contributed by atoms with E-state index in [1.807, 2.05) is 17.8 Å². The Hall–Kier alpha value is -0.830. The van der Waals surface area contributed by atoms with E-state index in [-0.39, 0.29) is 0 Å². The zero-order valence-corrected chi connectivity index (χ0v) is 14.6. The van der Waals surface area contributed by atoms with Gasteiger partial charge in [-0.3, -0.25) is 0 Å². The second-order valence-corrected chi connectivity index (χ2v) is 6.54. The second kappa shape index (κ2) is 11.8. The predicted molar refractivity (Wildman–Crippen MR) is 92.9 cm³/mol. The first-order chi connectivity index (χ1) is 10.3. The van der Waals surface area contributed by atoms with Gasteiger partial charge in [0.15, 0.2) is 0 Å². The molecule has 0 amide bonds. The molecule has 120 valence electrons. The second-order valence-electron chi connectivity index (χ2n) is 5.37. The highest BCUT2D eigenvalue weighted by Crippen LogP contribution is 2.29. The van der Waals surface area contributed by atoms with Crippen LogP contribution in [0.2, 0.25) is 0 Å². The van der Waals surface area contributed by atoms with Crippen LogP contribution >= 0.6 is 11.8 Å². The molecule has 0 fully saturated rings. The lowest BCUT2D eigenvalue weighted by molar-refractivity contribution is 0.392. The summed E-state index contributed by atoms with van der Waals surface area (Å²) in [4.78, 5) is 1.23. The minimum Gasteiger partial charge on any atom is -0.497 e. The highest BCUT2D eigenvalue weighted by molar-refractivity contribution is 7.99. The van der Waals surface area contributed by atoms with Gasteiger partial charge in [-0.1, -0.05) is 51.9 Å². The first-order valence-corrected chi connectivity index (χ1v) is 9.14. The average Bonchev–Trinajstić information content (AvgIpc) is 2.52. The molecule has 0 aliphatic rings. The van der Waals surface area contributed by atoms with Crippen molar-refractivity contribution in [2.45, 2.75) is 63.2 Å². The van der Waals surface area contributed by atoms with E-state index in [4.69, 9.17) is 9.47 Å². The molecule has 3 heteroatoms. The number of unbranched alkanes of at least 4 members (excludes halogenated alkanes) is 7. The maximum absolute atomic E-state index is 5.30. The number of ether oxygens (including phenoxy) is 2. The molecule has 0 radical (unpaired) electrons. The van der Waals surface area contributed by atoms with E-state index in [1.165, 1.54) is 62.0 Å². The summed E-state index contributed by atoms with van der Waals surface area (Å²) >= 11 is 1.89. The Morgan fingerprint density at radius 2 is 1.29 bits per heavy atom. The monoisotopic (exact) mass is 310 g/mol. The summed E-state index contributed by atoms with van der Waals surface area (Å²) in [6, 6.07) is 6.08. The molecule has 0 aliphatic carbocycles. The minimum atomic E-state index is 0.868. The summed E-state index contributed by atoms with van der Waals surface area (Å²) in [7, 11) is 3.39. The third kappa shape index (κ3) is 8.25. The number of methoxy groups -OCH3 is 2. The van der Waals surface area contributed by atoms with E-state index in [0.29, 0.717) is 0 Å². The molecule has 0 atom stereocenters. The van der Waals surface area contributed by atoms with Gasteiger partial charge in [0, 0.05) is 11.0 Å². The zero-order valence-electron chi connectivity index (χ0n) is 13.8. The van der Waals surface area contributed by atoms with Gasteiger partial charge in [0.25, 0.3) is 0 Å². The summed E-state index contributed by atoms with van der Waals surface area (Å²) in [6.07, 6.45) is 11.0. The molecule has 1 aromatic rings. The molecule has 0 heterocycles. The van der Waals surface area contributed by atoms with Crippen molar-refractivity contribution in [1.29, 1.82) is 0 Å². The SMILES string of the molecule is CCCCCCCCCCSc1cc(OC)cc(OC)c1. The Bertz CT molecular complexity index is 357. The van der Waals surface area contributed by atoms with E-state index in [9.17, 15) is 0 Å². The quantitative estimate of drug-likeness (QED) is 0.352. The molecular formula is C18H30O2S. The van der Waals surface area contributed by atoms with Crippen LogP contribution in [0.1, 0.15) is 58.3 Å². The smallest absolute Gasteiger partial charge is 0.123 e. The van der Waals surface area contributed by atoms with Crippen LogP contribution in [0.5, 0.6) is 11.5 Å². The van der Waals surface area contributed by atoms with Gasteiger partial charge in [-0.25, -0.2) is 0 Å². The first-order valence-electron chi connectivity index (χ1n) is 8.16. The molecule has 0 saturated carbocycles. The lowest BCUT2D eigenvalue weighted by Gasteiger charge is -2.08. The highest BCUT2D eigenvalue weighted by Gasteiger charge is 2.02. The number of benzene rings is 1. The van der Waals surface area contributed by atoms with Crippen molar-refractivity contribution in [1.82, 2.24) is 0 Å². The van der Waals surface area contributed by atoms with Gasteiger partial charge >= 0.3 is 0 Å². The number of hydrogen-bond donors (Lipinski definition) is 0. The lowest BCUT2D eigenvalue weighted by Crippen LogP contribution is -1.89. The van der Waals surface area contributed by atoms with Crippen LogP contribution in [0, 0.1) is 0 Å². The van der Waals surface area contributed by atoms with Crippen molar-refractivity contribution in [2.24, 2.45) is 0 Å². The van der Waals surface area contributed by atoms with Gasteiger partial charge in [0.1, 0.15) is 11.5 Å². The number of hydrogen-bond acceptors (Lipinski definition) is 3. The molecular weight excluding hydrogens is 280 g/mol. The van der Waals surface area contributed by atoms with E-state index in [0.717, 1.165) is 11.5 Å². The molecule has 0 aromatic heterocycles. The summed E-state index contributed by atoms with van der Waals surface area (Å²) in [6.45, 7) is 2.27. The molecule has 2 nitrogen and oxygen atoms in total. The Kier molecular flexibility index (Phi) is 10.2. The van der Waals surface area contributed by atoms with E-state index < -0.39 is 0 Å². The molecule has 0 unspecified atom stereocenters. The van der Waals surface area contributed by atoms with Crippen molar-refractivity contribution in [3.05, 3.63) is 18.2 Å². The van der Waals surface area contributed by atoms with Gasteiger partial charge in [-0.05, 0) is 24.3 Å². The van der Waals surface area contributed by atoms with Crippen LogP contribution in [0.15, 0.2) is 23.1 Å². The normalized spacial score (nSPS) is 10.6. The largest absolute Gasteiger partial charge is 0.497 e. The molecule has 0 bridgehead atoms. The van der Waals surface area contributed by atoms with E-state index in [2.05, 4.69) is 19.1 Å². The summed E-state index contributed by atoms with van der Waals surface area (Å²) < 4.78 is 10.6. The van der Waals surface area contributed by atoms with Crippen LogP contribution in [0.25, 0.3) is 0 Å². The van der Waals surface area contributed by atoms with E-state index in [1.54, 1.807) is 14.2 Å². The van der Waals surface area contributed by atoms with Gasteiger partial charge < -0.3 is 9.47 Å². The lowest BCUT2D eigenvalue weighted by atomic mass is 10.1. The highest BCUT2D eigenvalue weighted by atomic mass is 32.2. The molecule has 1 rings (SSSR count). The first kappa shape index (κ1) is 18.2. The Labute approximate surface area is 134 Å². The average molecular weight is 311 g/mol. The fraction of sp³-hybridized carbons (Fsp3) is 0.667. The Morgan fingerprint density at radius 1 is 0.762 bits per heavy atom. The predicted octanol–water partition coefficient (Wildman–Crippen LogP) is 5.94. The van der Waals surface area contributed by atoms with Crippen molar-refractivity contribution < 1.29 is 9.47 Å². The van der Waals surface area contributed by atoms with Gasteiger partial charge in [-0.2, -0.15) is 0 Å². The molecule has 0 saturated heterocycles. The van der Waals surface area contributed by atoms with Gasteiger partial charge in [-0.15, -0.1) is 11.8 Å². The molecule has 0 N–H and O–H groups in total. The number of thioether (sulfide) groups is 1. The van der Waals surface area contributed by atoms with Crippen molar-refractivity contribution in [3.63, 3.8) is 0 Å². The van der Waals surface area contributed by atoms with Crippen LogP contribution < -0.4 is 9.47 Å². The maximum Gasteiger partial charge on any atom is 0.123 e. The standard InChI is InChI=1S/C18H30O2S/c1-4-5-6-7-8-9-10-11-12-21-18-14-16(19-2)13-17(15-18)20-3/h13-15H,4-12H2,1-3H3. The third-order valence-corrected chi connectivity index (χ3v) is 4.65. The topological polar surface area (TPSA) is 18.5 Å². The summed E-state index contributed by atoms with van der Waals surface area (Å²) in [5, 5.41) is 0.